The minimum atomic E-state index is -4.61. The molecule has 1 saturated heterocycles. The summed E-state index contributed by atoms with van der Waals surface area (Å²) in [5.41, 5.74) is 1.92. The highest BCUT2D eigenvalue weighted by molar-refractivity contribution is 7.52. The molecule has 1 unspecified atom stereocenters. The molecule has 3 heterocycles. The normalized spacial score (nSPS) is 28.4. The van der Waals surface area contributed by atoms with Crippen LogP contribution in [0.2, 0.25) is 0 Å². The highest BCUT2D eigenvalue weighted by Crippen LogP contribution is 2.51. The van der Waals surface area contributed by atoms with Gasteiger partial charge in [-0.25, -0.2) is 18.3 Å². The number of H-pyrrole nitrogens is 1. The van der Waals surface area contributed by atoms with Crippen molar-refractivity contribution in [2.45, 2.75) is 82.0 Å². The van der Waals surface area contributed by atoms with Gasteiger partial charge in [0.05, 0.1) is 6.33 Å². The van der Waals surface area contributed by atoms with Gasteiger partial charge < -0.3 is 24.8 Å². The third kappa shape index (κ3) is 6.43. The number of anilines is 1. The zero-order valence-electron chi connectivity index (χ0n) is 23.4. The van der Waals surface area contributed by atoms with Gasteiger partial charge in [-0.1, -0.05) is 24.6 Å². The van der Waals surface area contributed by atoms with Gasteiger partial charge in [0, 0.05) is 0 Å². The Morgan fingerprint density at radius 1 is 1.33 bits per heavy atom. The molecule has 1 aliphatic carbocycles. The lowest BCUT2D eigenvalue weighted by atomic mass is 9.97. The smallest absolute Gasteiger partial charge is 0.459 e. The van der Waals surface area contributed by atoms with E-state index < -0.39 is 55.8 Å². The second kappa shape index (κ2) is 11.9. The second-order valence-electron chi connectivity index (χ2n) is 10.8. The molecule has 2 fully saturated rings. The summed E-state index contributed by atoms with van der Waals surface area (Å²) in [7, 11) is -4.61. The lowest BCUT2D eigenvalue weighted by Crippen LogP contribution is -2.46. The van der Waals surface area contributed by atoms with E-state index in [-0.39, 0.29) is 29.0 Å². The van der Waals surface area contributed by atoms with Crippen molar-refractivity contribution < 1.29 is 41.8 Å². The number of imidazole rings is 1. The van der Waals surface area contributed by atoms with Crippen LogP contribution in [0.4, 0.5) is 14.7 Å². The number of nitrogens with zero attached hydrogens (tertiary/aromatic N) is 3. The van der Waals surface area contributed by atoms with Gasteiger partial charge in [-0.3, -0.25) is 23.7 Å². The average molecular weight is 627 g/mol. The van der Waals surface area contributed by atoms with Gasteiger partial charge in [0.2, 0.25) is 5.95 Å². The van der Waals surface area contributed by atoms with Gasteiger partial charge in [0.1, 0.15) is 30.1 Å². The van der Waals surface area contributed by atoms with Crippen molar-refractivity contribution in [3.8, 4) is 5.75 Å². The molecule has 17 heteroatoms. The fourth-order valence-electron chi connectivity index (χ4n) is 5.11. The van der Waals surface area contributed by atoms with Crippen molar-refractivity contribution in [1.29, 1.82) is 0 Å². The molecule has 0 amide bonds. The monoisotopic (exact) mass is 626 g/mol. The summed E-state index contributed by atoms with van der Waals surface area (Å²) in [6.45, 7) is 0.995. The Labute approximate surface area is 244 Å². The fraction of sp³-hybridized carbons (Fsp3) is 0.538. The van der Waals surface area contributed by atoms with Gasteiger partial charge >= 0.3 is 13.7 Å². The number of nitrogens with two attached hydrogens (primary N) is 1. The fourth-order valence-corrected chi connectivity index (χ4v) is 6.61. The number of rotatable bonds is 10. The van der Waals surface area contributed by atoms with Gasteiger partial charge in [-0.2, -0.15) is 10.1 Å². The molecular formula is C26H33F2N6O8P. The molecule has 0 bridgehead atoms. The number of para-hydroxylation sites is 1. The van der Waals surface area contributed by atoms with Crippen LogP contribution in [0, 0.1) is 0 Å². The minimum Gasteiger partial charge on any atom is -0.461 e. The number of esters is 1. The van der Waals surface area contributed by atoms with Crippen molar-refractivity contribution in [3.05, 3.63) is 47.0 Å². The quantitative estimate of drug-likeness (QED) is 0.190. The minimum absolute atomic E-state index is 0.0480. The van der Waals surface area contributed by atoms with E-state index in [2.05, 4.69) is 20.0 Å². The van der Waals surface area contributed by atoms with Crippen molar-refractivity contribution >= 4 is 30.8 Å². The first-order chi connectivity index (χ1) is 20.3. The van der Waals surface area contributed by atoms with E-state index in [0.29, 0.717) is 12.8 Å². The topological polar surface area (TPSA) is 193 Å². The summed E-state index contributed by atoms with van der Waals surface area (Å²) >= 11 is 0. The van der Waals surface area contributed by atoms with Gasteiger partial charge in [0.25, 0.3) is 11.4 Å². The van der Waals surface area contributed by atoms with Crippen molar-refractivity contribution in [2.24, 2.45) is 0 Å². The Bertz CT molecular complexity index is 1570. The van der Waals surface area contributed by atoms with Gasteiger partial charge in [-0.05, 0) is 51.7 Å². The molecule has 1 saturated carbocycles. The predicted molar refractivity (Wildman–Crippen MR) is 148 cm³/mol. The third-order valence-electron chi connectivity index (χ3n) is 7.34. The van der Waals surface area contributed by atoms with Crippen LogP contribution in [0.5, 0.6) is 5.75 Å². The van der Waals surface area contributed by atoms with Crippen molar-refractivity contribution in [3.63, 3.8) is 0 Å². The van der Waals surface area contributed by atoms with E-state index in [1.54, 1.807) is 18.2 Å². The number of halogens is 2. The average Bonchev–Trinajstić information content (AvgIpc) is 3.46. The first kappa shape index (κ1) is 31.0. The summed E-state index contributed by atoms with van der Waals surface area (Å²) < 4.78 is 68.3. The third-order valence-corrected chi connectivity index (χ3v) is 8.97. The number of benzene rings is 1. The molecule has 6 atom stereocenters. The van der Waals surface area contributed by atoms with Crippen LogP contribution in [0.1, 0.15) is 52.2 Å². The number of aliphatic hydroxyl groups is 1. The standard InChI is InChI=1S/C26H33F2N6O8P/c1-15(21(36)40-16-9-5-3-6-10-16)33-43(38,42-17-11-7-4-8-12-17)39-13-26(28)22(27)25(2,37)23(41-26)34-14-30-18-19(34)31-24(29)32-20(18)35/h4,7-8,11-12,14-16,22-23,37H,3,5-6,9-10,13H2,1-2H3,(H,33,38)(H3,29,31,32,35)/t15-,22-,23+,25+,26+,43?/m0/s1. The van der Waals surface area contributed by atoms with Crippen LogP contribution in [-0.2, 0) is 23.4 Å². The summed E-state index contributed by atoms with van der Waals surface area (Å²) in [4.78, 5) is 35.0. The summed E-state index contributed by atoms with van der Waals surface area (Å²) in [6, 6.07) is 6.51. The molecule has 43 heavy (non-hydrogen) atoms. The van der Waals surface area contributed by atoms with E-state index in [0.717, 1.165) is 37.1 Å². The number of aromatic nitrogens is 4. The number of alkyl halides is 2. The molecule has 5 N–H and O–H groups in total. The Kier molecular flexibility index (Phi) is 8.60. The molecule has 234 valence electrons. The first-order valence-corrected chi connectivity index (χ1v) is 15.3. The van der Waals surface area contributed by atoms with E-state index in [4.69, 9.17) is 24.3 Å². The molecule has 5 rings (SSSR count). The van der Waals surface area contributed by atoms with Crippen molar-refractivity contribution in [1.82, 2.24) is 24.6 Å². The second-order valence-corrected chi connectivity index (χ2v) is 12.5. The lowest BCUT2D eigenvalue weighted by Gasteiger charge is -2.28. The number of hydrogen-bond acceptors (Lipinski definition) is 11. The summed E-state index contributed by atoms with van der Waals surface area (Å²) in [6.07, 6.45) is 0.451. The van der Waals surface area contributed by atoms with Crippen LogP contribution in [0.15, 0.2) is 41.5 Å². The summed E-state index contributed by atoms with van der Waals surface area (Å²) in [5.74, 6) is -4.36. The molecule has 0 spiro atoms. The number of ether oxygens (including phenoxy) is 2. The number of hydrogen-bond donors (Lipinski definition) is 4. The molecule has 2 aliphatic rings. The number of nitrogens with one attached hydrogen (secondary N) is 2. The molecule has 3 aromatic rings. The highest BCUT2D eigenvalue weighted by atomic mass is 31.2. The maximum atomic E-state index is 16.2. The van der Waals surface area contributed by atoms with E-state index in [1.165, 1.54) is 19.1 Å². The molecule has 0 radical (unpaired) electrons. The van der Waals surface area contributed by atoms with E-state index in [9.17, 15) is 19.3 Å². The van der Waals surface area contributed by atoms with Crippen molar-refractivity contribution in [2.75, 3.05) is 12.3 Å². The Morgan fingerprint density at radius 2 is 2.02 bits per heavy atom. The molecule has 1 aliphatic heterocycles. The maximum absolute atomic E-state index is 16.2. The lowest BCUT2D eigenvalue weighted by molar-refractivity contribution is -0.192. The van der Waals surface area contributed by atoms with Gasteiger partial charge in [-0.15, -0.1) is 0 Å². The highest BCUT2D eigenvalue weighted by Gasteiger charge is 2.65. The number of carbonyl (C=O) groups excluding carboxylic acids is 1. The maximum Gasteiger partial charge on any atom is 0.459 e. The molecule has 1 aromatic carbocycles. The first-order valence-electron chi connectivity index (χ1n) is 13.7. The van der Waals surface area contributed by atoms with Crippen LogP contribution >= 0.6 is 7.75 Å². The Balaban J connectivity index is 1.36. The van der Waals surface area contributed by atoms with E-state index in [1.807, 2.05) is 0 Å². The predicted octanol–water partition coefficient (Wildman–Crippen LogP) is 3.04. The van der Waals surface area contributed by atoms with Gasteiger partial charge in [0.15, 0.2) is 23.6 Å². The number of aromatic amines is 1. The number of fused-ring (bicyclic) bond motifs is 1. The van der Waals surface area contributed by atoms with Crippen LogP contribution in [0.3, 0.4) is 0 Å². The van der Waals surface area contributed by atoms with E-state index >= 15 is 8.78 Å². The zero-order valence-corrected chi connectivity index (χ0v) is 24.3. The van der Waals surface area contributed by atoms with Crippen LogP contribution in [-0.4, -0.2) is 67.0 Å². The zero-order chi connectivity index (χ0) is 31.0. The SMILES string of the molecule is C[C@H](NP(=O)(OC[C@@]1(F)O[C@@H](n2cnc3c(=O)[nH]c(N)nc32)[C@](C)(O)[C@@H]1F)Oc1ccccc1)C(=O)OC1CCCCC1. The molecule has 14 nitrogen and oxygen atoms in total. The summed E-state index contributed by atoms with van der Waals surface area (Å²) in [5, 5.41) is 13.4. The van der Waals surface area contributed by atoms with Crippen LogP contribution in [0.25, 0.3) is 11.2 Å². The molecule has 2 aromatic heterocycles. The number of nitrogen functional groups attached to an aromatic ring is 1. The largest absolute Gasteiger partial charge is 0.461 e. The number of carbonyl (C=O) groups is 1. The Hall–Kier alpha value is -3.43. The molecular weight excluding hydrogens is 593 g/mol. The van der Waals surface area contributed by atoms with Crippen LogP contribution < -0.4 is 20.9 Å². The Morgan fingerprint density at radius 3 is 2.72 bits per heavy atom.